The summed E-state index contributed by atoms with van der Waals surface area (Å²) in [7, 11) is 1.56. The van der Waals surface area contributed by atoms with Crippen LogP contribution in [0, 0.1) is 11.3 Å². The molecule has 2 aromatic carbocycles. The minimum atomic E-state index is -0.436. The fourth-order valence-electron chi connectivity index (χ4n) is 3.20. The van der Waals surface area contributed by atoms with Crippen LogP contribution in [0.5, 0.6) is 5.75 Å². The maximum atomic E-state index is 12.5. The fourth-order valence-corrected chi connectivity index (χ4v) is 3.20. The molecule has 3 rings (SSSR count). The molecule has 1 amide bonds. The van der Waals surface area contributed by atoms with E-state index in [1.165, 1.54) is 25.3 Å². The van der Waals surface area contributed by atoms with Crippen molar-refractivity contribution < 1.29 is 9.53 Å². The first-order chi connectivity index (χ1) is 13.2. The average molecular weight is 361 g/mol. The second-order valence-corrected chi connectivity index (χ2v) is 6.46. The monoisotopic (exact) mass is 361 g/mol. The number of amides is 1. The van der Waals surface area contributed by atoms with Crippen LogP contribution in [-0.2, 0) is 4.79 Å². The zero-order valence-corrected chi connectivity index (χ0v) is 15.4. The van der Waals surface area contributed by atoms with E-state index in [-0.39, 0.29) is 5.57 Å². The van der Waals surface area contributed by atoms with Gasteiger partial charge in [0.1, 0.15) is 17.4 Å². The third kappa shape index (κ3) is 4.68. The third-order valence-electron chi connectivity index (χ3n) is 4.65. The van der Waals surface area contributed by atoms with E-state index in [1.54, 1.807) is 19.2 Å². The van der Waals surface area contributed by atoms with Crippen molar-refractivity contribution in [3.63, 3.8) is 0 Å². The van der Waals surface area contributed by atoms with Crippen molar-refractivity contribution in [3.05, 3.63) is 59.7 Å². The van der Waals surface area contributed by atoms with Gasteiger partial charge in [-0.2, -0.15) is 5.26 Å². The summed E-state index contributed by atoms with van der Waals surface area (Å²) in [6.07, 6.45) is 5.27. The molecule has 1 N–H and O–H groups in total. The van der Waals surface area contributed by atoms with Crippen LogP contribution in [0.15, 0.2) is 54.1 Å². The Morgan fingerprint density at radius 3 is 2.48 bits per heavy atom. The lowest BCUT2D eigenvalue weighted by atomic mass is 10.1. The van der Waals surface area contributed by atoms with E-state index in [1.807, 2.05) is 42.5 Å². The molecular formula is C22H23N3O2. The van der Waals surface area contributed by atoms with Gasteiger partial charge < -0.3 is 15.0 Å². The maximum absolute atomic E-state index is 12.5. The smallest absolute Gasteiger partial charge is 0.266 e. The van der Waals surface area contributed by atoms with Crippen molar-refractivity contribution in [1.29, 1.82) is 5.26 Å². The third-order valence-corrected chi connectivity index (χ3v) is 4.65. The highest BCUT2D eigenvalue weighted by atomic mass is 16.5. The zero-order valence-electron chi connectivity index (χ0n) is 15.4. The van der Waals surface area contributed by atoms with Crippen LogP contribution >= 0.6 is 0 Å². The molecular weight excluding hydrogens is 338 g/mol. The molecule has 1 saturated heterocycles. The molecule has 0 radical (unpaired) electrons. The highest BCUT2D eigenvalue weighted by molar-refractivity contribution is 6.09. The molecule has 0 aromatic heterocycles. The summed E-state index contributed by atoms with van der Waals surface area (Å²) in [5, 5.41) is 12.2. The van der Waals surface area contributed by atoms with E-state index >= 15 is 0 Å². The lowest BCUT2D eigenvalue weighted by Crippen LogP contribution is -2.29. The van der Waals surface area contributed by atoms with Crippen LogP contribution < -0.4 is 15.0 Å². The fraction of sp³-hybridized carbons (Fsp3) is 0.273. The van der Waals surface area contributed by atoms with E-state index in [4.69, 9.17) is 4.74 Å². The number of anilines is 2. The maximum Gasteiger partial charge on any atom is 0.266 e. The van der Waals surface area contributed by atoms with Gasteiger partial charge in [-0.3, -0.25) is 4.79 Å². The lowest BCUT2D eigenvalue weighted by Gasteiger charge is -2.28. The Balaban J connectivity index is 1.71. The van der Waals surface area contributed by atoms with E-state index < -0.39 is 5.91 Å². The highest BCUT2D eigenvalue weighted by Crippen LogP contribution is 2.23. The first-order valence-electron chi connectivity index (χ1n) is 9.12. The molecule has 2 aromatic rings. The SMILES string of the molecule is COc1ccccc1/C=C(\C#N)C(=O)Nc1ccc(N2CCCCC2)cc1. The van der Waals surface area contributed by atoms with E-state index in [2.05, 4.69) is 10.2 Å². The van der Waals surface area contributed by atoms with Gasteiger partial charge in [-0.15, -0.1) is 0 Å². The van der Waals surface area contributed by atoms with E-state index in [0.717, 1.165) is 18.8 Å². The van der Waals surface area contributed by atoms with E-state index in [9.17, 15) is 10.1 Å². The number of carbonyl (C=O) groups excluding carboxylic acids is 1. The van der Waals surface area contributed by atoms with Gasteiger partial charge in [-0.05, 0) is 55.7 Å². The highest BCUT2D eigenvalue weighted by Gasteiger charge is 2.13. The number of benzene rings is 2. The number of piperidine rings is 1. The lowest BCUT2D eigenvalue weighted by molar-refractivity contribution is -0.112. The number of nitriles is 1. The number of rotatable bonds is 5. The number of para-hydroxylation sites is 1. The Morgan fingerprint density at radius 2 is 1.81 bits per heavy atom. The van der Waals surface area contributed by atoms with Crippen LogP contribution in [0.4, 0.5) is 11.4 Å². The minimum Gasteiger partial charge on any atom is -0.496 e. The molecule has 138 valence electrons. The topological polar surface area (TPSA) is 65.4 Å². The summed E-state index contributed by atoms with van der Waals surface area (Å²) >= 11 is 0. The number of hydrogen-bond donors (Lipinski definition) is 1. The van der Waals surface area contributed by atoms with Crippen LogP contribution in [0.3, 0.4) is 0 Å². The van der Waals surface area contributed by atoms with Gasteiger partial charge in [0.2, 0.25) is 0 Å². The van der Waals surface area contributed by atoms with Crippen molar-refractivity contribution in [2.45, 2.75) is 19.3 Å². The second-order valence-electron chi connectivity index (χ2n) is 6.46. The van der Waals surface area contributed by atoms with Crippen molar-refractivity contribution in [3.8, 4) is 11.8 Å². The summed E-state index contributed by atoms with van der Waals surface area (Å²) in [4.78, 5) is 14.8. The van der Waals surface area contributed by atoms with Crippen LogP contribution in [0.2, 0.25) is 0 Å². The Morgan fingerprint density at radius 1 is 1.11 bits per heavy atom. The molecule has 5 heteroatoms. The van der Waals surface area contributed by atoms with E-state index in [0.29, 0.717) is 17.0 Å². The normalized spacial score (nSPS) is 14.4. The van der Waals surface area contributed by atoms with Gasteiger partial charge in [0, 0.05) is 30.0 Å². The Labute approximate surface area is 159 Å². The molecule has 1 aliphatic rings. The number of nitrogens with zero attached hydrogens (tertiary/aromatic N) is 2. The number of ether oxygens (including phenoxy) is 1. The Kier molecular flexibility index (Phi) is 6.11. The van der Waals surface area contributed by atoms with Gasteiger partial charge >= 0.3 is 0 Å². The number of hydrogen-bond acceptors (Lipinski definition) is 4. The molecule has 5 nitrogen and oxygen atoms in total. The van der Waals surface area contributed by atoms with Crippen molar-refractivity contribution in [2.24, 2.45) is 0 Å². The molecule has 0 aliphatic carbocycles. The summed E-state index contributed by atoms with van der Waals surface area (Å²) in [5.41, 5.74) is 2.55. The molecule has 1 heterocycles. The largest absolute Gasteiger partial charge is 0.496 e. The molecule has 0 unspecified atom stereocenters. The van der Waals surface area contributed by atoms with Crippen LogP contribution in [0.1, 0.15) is 24.8 Å². The average Bonchev–Trinajstić information content (AvgIpc) is 2.73. The first kappa shape index (κ1) is 18.5. The van der Waals surface area contributed by atoms with Crippen molar-refractivity contribution in [1.82, 2.24) is 0 Å². The van der Waals surface area contributed by atoms with Gasteiger partial charge in [0.15, 0.2) is 0 Å². The Hall–Kier alpha value is -3.26. The molecule has 27 heavy (non-hydrogen) atoms. The molecule has 1 fully saturated rings. The van der Waals surface area contributed by atoms with Gasteiger partial charge in [0.25, 0.3) is 5.91 Å². The summed E-state index contributed by atoms with van der Waals surface area (Å²) in [6, 6.07) is 17.0. The summed E-state index contributed by atoms with van der Waals surface area (Å²) in [5.74, 6) is 0.179. The predicted molar refractivity (Wildman–Crippen MR) is 108 cm³/mol. The zero-order chi connectivity index (χ0) is 19.1. The molecule has 1 aliphatic heterocycles. The molecule has 0 saturated carbocycles. The van der Waals surface area contributed by atoms with Gasteiger partial charge in [-0.1, -0.05) is 18.2 Å². The second kappa shape index (κ2) is 8.91. The summed E-state index contributed by atoms with van der Waals surface area (Å²) in [6.45, 7) is 2.15. The van der Waals surface area contributed by atoms with Gasteiger partial charge in [-0.25, -0.2) is 0 Å². The Bertz CT molecular complexity index is 860. The summed E-state index contributed by atoms with van der Waals surface area (Å²) < 4.78 is 5.27. The molecule has 0 spiro atoms. The van der Waals surface area contributed by atoms with Crippen molar-refractivity contribution in [2.75, 3.05) is 30.4 Å². The standard InChI is InChI=1S/C22H23N3O2/c1-27-21-8-4-3-7-17(21)15-18(16-23)22(26)24-19-9-11-20(12-10-19)25-13-5-2-6-14-25/h3-4,7-12,15H,2,5-6,13-14H2,1H3,(H,24,26)/b18-15+. The predicted octanol–water partition coefficient (Wildman–Crippen LogP) is 4.23. The number of methoxy groups -OCH3 is 1. The van der Waals surface area contributed by atoms with Crippen LogP contribution in [0.25, 0.3) is 6.08 Å². The van der Waals surface area contributed by atoms with Gasteiger partial charge in [0.05, 0.1) is 7.11 Å². The van der Waals surface area contributed by atoms with Crippen molar-refractivity contribution >= 4 is 23.4 Å². The molecule has 0 atom stereocenters. The number of nitrogens with one attached hydrogen (secondary N) is 1. The number of carbonyl (C=O) groups is 1. The first-order valence-corrected chi connectivity index (χ1v) is 9.12. The molecule has 0 bridgehead atoms. The minimum absolute atomic E-state index is 0.0274. The quantitative estimate of drug-likeness (QED) is 0.639. The van der Waals surface area contributed by atoms with Crippen LogP contribution in [-0.4, -0.2) is 26.1 Å².